The SMILES string of the molecule is Cc1nc(CC(O)c2cccc3nccnc23)cs1. The lowest BCUT2D eigenvalue weighted by Crippen LogP contribution is -2.04. The average Bonchev–Trinajstić information content (AvgIpc) is 2.83. The van der Waals surface area contributed by atoms with Crippen molar-refractivity contribution in [1.29, 1.82) is 0 Å². The maximum absolute atomic E-state index is 10.4. The van der Waals surface area contributed by atoms with Crippen molar-refractivity contribution in [3.8, 4) is 0 Å². The first-order chi connectivity index (χ1) is 9.24. The largest absolute Gasteiger partial charge is 0.388 e. The molecule has 3 rings (SSSR count). The van der Waals surface area contributed by atoms with E-state index in [9.17, 15) is 5.11 Å². The Morgan fingerprint density at radius 3 is 2.89 bits per heavy atom. The maximum atomic E-state index is 10.4. The number of fused-ring (bicyclic) bond motifs is 1. The summed E-state index contributed by atoms with van der Waals surface area (Å²) in [6, 6.07) is 5.67. The van der Waals surface area contributed by atoms with E-state index >= 15 is 0 Å². The zero-order valence-corrected chi connectivity index (χ0v) is 11.3. The predicted octanol–water partition coefficient (Wildman–Crippen LogP) is 2.67. The molecule has 0 amide bonds. The number of aryl methyl sites for hydroxylation is 1. The van der Waals surface area contributed by atoms with Gasteiger partial charge in [0.2, 0.25) is 0 Å². The second kappa shape index (κ2) is 5.03. The van der Waals surface area contributed by atoms with Crippen LogP contribution in [0.25, 0.3) is 11.0 Å². The first-order valence-electron chi connectivity index (χ1n) is 6.03. The third kappa shape index (κ3) is 2.47. The van der Waals surface area contributed by atoms with Crippen molar-refractivity contribution in [1.82, 2.24) is 15.0 Å². The molecule has 0 aliphatic rings. The molecule has 2 heterocycles. The maximum Gasteiger partial charge on any atom is 0.0944 e. The predicted molar refractivity (Wildman–Crippen MR) is 75.1 cm³/mol. The van der Waals surface area contributed by atoms with Crippen molar-refractivity contribution in [3.63, 3.8) is 0 Å². The van der Waals surface area contributed by atoms with Crippen LogP contribution in [0.3, 0.4) is 0 Å². The summed E-state index contributed by atoms with van der Waals surface area (Å²) in [7, 11) is 0. The van der Waals surface area contributed by atoms with Crippen LogP contribution in [0.1, 0.15) is 22.4 Å². The van der Waals surface area contributed by atoms with E-state index in [2.05, 4.69) is 15.0 Å². The Hall–Kier alpha value is -1.85. The summed E-state index contributed by atoms with van der Waals surface area (Å²) in [6.07, 6.45) is 3.19. The highest BCUT2D eigenvalue weighted by Crippen LogP contribution is 2.24. The lowest BCUT2D eigenvalue weighted by molar-refractivity contribution is 0.178. The molecular weight excluding hydrogens is 258 g/mol. The Kier molecular flexibility index (Phi) is 3.23. The molecule has 96 valence electrons. The Labute approximate surface area is 114 Å². The minimum Gasteiger partial charge on any atom is -0.388 e. The number of aliphatic hydroxyl groups is 1. The van der Waals surface area contributed by atoms with Crippen molar-refractivity contribution in [3.05, 3.63) is 52.2 Å². The summed E-state index contributed by atoms with van der Waals surface area (Å²) in [6.45, 7) is 1.96. The van der Waals surface area contributed by atoms with E-state index in [1.165, 1.54) is 0 Å². The van der Waals surface area contributed by atoms with Crippen LogP contribution in [-0.4, -0.2) is 20.1 Å². The normalized spacial score (nSPS) is 12.7. The zero-order chi connectivity index (χ0) is 13.2. The number of aromatic nitrogens is 3. The van der Waals surface area contributed by atoms with E-state index in [0.717, 1.165) is 27.3 Å². The minimum absolute atomic E-state index is 0.500. The fourth-order valence-corrected chi connectivity index (χ4v) is 2.72. The number of thiazole rings is 1. The van der Waals surface area contributed by atoms with E-state index in [4.69, 9.17) is 0 Å². The van der Waals surface area contributed by atoms with Crippen LogP contribution in [0.15, 0.2) is 36.0 Å². The van der Waals surface area contributed by atoms with Gasteiger partial charge in [0.1, 0.15) is 0 Å². The molecule has 1 aromatic carbocycles. The van der Waals surface area contributed by atoms with Gasteiger partial charge in [-0.15, -0.1) is 11.3 Å². The fraction of sp³-hybridized carbons (Fsp3) is 0.214. The van der Waals surface area contributed by atoms with Crippen LogP contribution in [0.5, 0.6) is 0 Å². The van der Waals surface area contributed by atoms with Crippen molar-refractivity contribution in [2.24, 2.45) is 0 Å². The number of hydrogen-bond acceptors (Lipinski definition) is 5. The second-order valence-electron chi connectivity index (χ2n) is 4.35. The van der Waals surface area contributed by atoms with Gasteiger partial charge in [-0.1, -0.05) is 12.1 Å². The van der Waals surface area contributed by atoms with Gasteiger partial charge >= 0.3 is 0 Å². The molecule has 0 fully saturated rings. The molecule has 5 heteroatoms. The summed E-state index contributed by atoms with van der Waals surface area (Å²) >= 11 is 1.60. The first kappa shape index (κ1) is 12.2. The van der Waals surface area contributed by atoms with Gasteiger partial charge in [0.15, 0.2) is 0 Å². The number of hydrogen-bond donors (Lipinski definition) is 1. The topological polar surface area (TPSA) is 58.9 Å². The molecule has 0 radical (unpaired) electrons. The lowest BCUT2D eigenvalue weighted by Gasteiger charge is -2.11. The van der Waals surface area contributed by atoms with Crippen molar-refractivity contribution in [2.45, 2.75) is 19.4 Å². The third-order valence-electron chi connectivity index (χ3n) is 2.96. The molecule has 0 spiro atoms. The van der Waals surface area contributed by atoms with Crippen molar-refractivity contribution >= 4 is 22.4 Å². The van der Waals surface area contributed by atoms with E-state index in [1.54, 1.807) is 23.7 Å². The van der Waals surface area contributed by atoms with Crippen LogP contribution in [0.4, 0.5) is 0 Å². The quantitative estimate of drug-likeness (QED) is 0.795. The number of rotatable bonds is 3. The molecule has 0 bridgehead atoms. The summed E-state index contributed by atoms with van der Waals surface area (Å²) < 4.78 is 0. The van der Waals surface area contributed by atoms with Crippen LogP contribution < -0.4 is 0 Å². The fourth-order valence-electron chi connectivity index (χ4n) is 2.09. The van der Waals surface area contributed by atoms with E-state index in [0.29, 0.717) is 6.42 Å². The Morgan fingerprint density at radius 1 is 1.26 bits per heavy atom. The number of para-hydroxylation sites is 1. The molecule has 0 aliphatic carbocycles. The van der Waals surface area contributed by atoms with Crippen molar-refractivity contribution in [2.75, 3.05) is 0 Å². The first-order valence-corrected chi connectivity index (χ1v) is 6.91. The molecule has 1 unspecified atom stereocenters. The molecule has 3 aromatic rings. The van der Waals surface area contributed by atoms with Gasteiger partial charge in [0, 0.05) is 29.8 Å². The molecule has 0 aliphatic heterocycles. The van der Waals surface area contributed by atoms with E-state index in [1.807, 2.05) is 30.5 Å². The lowest BCUT2D eigenvalue weighted by atomic mass is 10.0. The molecule has 4 nitrogen and oxygen atoms in total. The molecule has 0 saturated carbocycles. The number of benzene rings is 1. The highest BCUT2D eigenvalue weighted by atomic mass is 32.1. The standard InChI is InChI=1S/C14H13N3OS/c1-9-17-10(8-19-9)7-13(18)11-3-2-4-12-14(11)16-6-5-15-12/h2-6,8,13,18H,7H2,1H3. The Balaban J connectivity index is 1.95. The van der Waals surface area contributed by atoms with Gasteiger partial charge in [-0.2, -0.15) is 0 Å². The van der Waals surface area contributed by atoms with Crippen LogP contribution in [-0.2, 0) is 6.42 Å². The third-order valence-corrected chi connectivity index (χ3v) is 3.78. The van der Waals surface area contributed by atoms with E-state index in [-0.39, 0.29) is 0 Å². The van der Waals surface area contributed by atoms with Gasteiger partial charge in [-0.3, -0.25) is 9.97 Å². The molecule has 1 atom stereocenters. The molecule has 2 aromatic heterocycles. The molecule has 19 heavy (non-hydrogen) atoms. The highest BCUT2D eigenvalue weighted by Gasteiger charge is 2.14. The van der Waals surface area contributed by atoms with Gasteiger partial charge in [-0.25, -0.2) is 4.98 Å². The Bertz CT molecular complexity index is 705. The van der Waals surface area contributed by atoms with Gasteiger partial charge in [0.05, 0.1) is 27.8 Å². The van der Waals surface area contributed by atoms with Crippen LogP contribution >= 0.6 is 11.3 Å². The smallest absolute Gasteiger partial charge is 0.0944 e. The van der Waals surface area contributed by atoms with Crippen LogP contribution in [0.2, 0.25) is 0 Å². The molecule has 1 N–H and O–H groups in total. The van der Waals surface area contributed by atoms with Crippen molar-refractivity contribution < 1.29 is 5.11 Å². The minimum atomic E-state index is -0.609. The summed E-state index contributed by atoms with van der Waals surface area (Å²) in [4.78, 5) is 12.9. The monoisotopic (exact) mass is 271 g/mol. The second-order valence-corrected chi connectivity index (χ2v) is 5.41. The average molecular weight is 271 g/mol. The van der Waals surface area contributed by atoms with Crippen LogP contribution in [0, 0.1) is 6.92 Å². The van der Waals surface area contributed by atoms with Gasteiger partial charge in [0.25, 0.3) is 0 Å². The number of nitrogens with zero attached hydrogens (tertiary/aromatic N) is 3. The van der Waals surface area contributed by atoms with Gasteiger partial charge in [-0.05, 0) is 13.0 Å². The summed E-state index contributed by atoms with van der Waals surface area (Å²) in [5.41, 5.74) is 3.27. The number of aliphatic hydroxyl groups excluding tert-OH is 1. The summed E-state index contributed by atoms with van der Waals surface area (Å²) in [5.74, 6) is 0. The molecular formula is C14H13N3OS. The highest BCUT2D eigenvalue weighted by molar-refractivity contribution is 7.09. The van der Waals surface area contributed by atoms with E-state index < -0.39 is 6.10 Å². The molecule has 0 saturated heterocycles. The Morgan fingerprint density at radius 2 is 2.11 bits per heavy atom. The summed E-state index contributed by atoms with van der Waals surface area (Å²) in [5, 5.41) is 13.4. The van der Waals surface area contributed by atoms with Gasteiger partial charge < -0.3 is 5.11 Å². The zero-order valence-electron chi connectivity index (χ0n) is 10.4.